The Bertz CT molecular complexity index is 585. The van der Waals surface area contributed by atoms with Gasteiger partial charge in [-0.3, -0.25) is 9.59 Å². The van der Waals surface area contributed by atoms with Crippen LogP contribution in [-0.4, -0.2) is 16.1 Å². The molecule has 1 aromatic heterocycles. The summed E-state index contributed by atoms with van der Waals surface area (Å²) in [5, 5.41) is 3.21. The number of carbonyl (C=O) groups is 2. The number of nitrogens with zero attached hydrogens (tertiary/aromatic N) is 2. The van der Waals surface area contributed by atoms with Crippen molar-refractivity contribution in [2.45, 2.75) is 0 Å². The van der Waals surface area contributed by atoms with Crippen LogP contribution < -0.4 is 10.6 Å². The number of rotatable bonds is 0. The summed E-state index contributed by atoms with van der Waals surface area (Å²) in [5.41, 5.74) is 0. The zero-order valence-electron chi connectivity index (χ0n) is 8.74. The lowest BCUT2D eigenvalue weighted by atomic mass is 10.2. The molecule has 2 heterocycles. The predicted molar refractivity (Wildman–Crippen MR) is 63.8 cm³/mol. The number of fused-ring (bicyclic) bond motifs is 1. The van der Waals surface area contributed by atoms with Crippen LogP contribution in [0.4, 0.5) is 0 Å². The van der Waals surface area contributed by atoms with E-state index in [0.29, 0.717) is 10.6 Å². The summed E-state index contributed by atoms with van der Waals surface area (Å²) >= 11 is 1.46. The van der Waals surface area contributed by atoms with Crippen LogP contribution in [0.15, 0.2) is 46.9 Å². The molecule has 0 saturated carbocycles. The Morgan fingerprint density at radius 1 is 1.06 bits per heavy atom. The number of hydrogen-bond donors (Lipinski definition) is 0. The third kappa shape index (κ3) is 2.92. The minimum Gasteiger partial charge on any atom is -0.284 e. The van der Waals surface area contributed by atoms with E-state index in [1.165, 1.54) is 17.6 Å². The van der Waals surface area contributed by atoms with Crippen molar-refractivity contribution >= 4 is 29.3 Å². The molecule has 1 aliphatic heterocycles. The number of aromatic nitrogens is 1. The minimum atomic E-state index is -0.686. The second kappa shape index (κ2) is 5.27. The molecular formula is C12H8N2O2S. The van der Waals surface area contributed by atoms with Crippen LogP contribution in [0.5, 0.6) is 0 Å². The molecule has 1 aliphatic rings. The Kier molecular flexibility index (Phi) is 3.52. The molecule has 0 aliphatic carbocycles. The van der Waals surface area contributed by atoms with E-state index in [2.05, 4.69) is 9.37 Å². The maximum Gasteiger partial charge on any atom is 0.317 e. The molecular weight excluding hydrogens is 236 g/mol. The first-order chi connectivity index (χ1) is 8.27. The lowest BCUT2D eigenvalue weighted by Crippen LogP contribution is -2.33. The van der Waals surface area contributed by atoms with E-state index in [0.717, 1.165) is 0 Å². The smallest absolute Gasteiger partial charge is 0.284 e. The van der Waals surface area contributed by atoms with Gasteiger partial charge in [-0.25, -0.2) is 9.37 Å². The molecule has 0 atom stereocenters. The van der Waals surface area contributed by atoms with Crippen LogP contribution in [0.2, 0.25) is 0 Å². The van der Waals surface area contributed by atoms with E-state index in [4.69, 9.17) is 0 Å². The number of hydrogen-bond acceptors (Lipinski definition) is 4. The Morgan fingerprint density at radius 2 is 1.88 bits per heavy atom. The van der Waals surface area contributed by atoms with Crippen molar-refractivity contribution in [1.82, 2.24) is 4.37 Å². The molecule has 1 amide bonds. The molecule has 84 valence electrons. The van der Waals surface area contributed by atoms with E-state index >= 15 is 0 Å². The van der Waals surface area contributed by atoms with E-state index in [1.54, 1.807) is 30.5 Å². The second-order valence-electron chi connectivity index (χ2n) is 3.17. The highest BCUT2D eigenvalue weighted by molar-refractivity contribution is 7.03. The first-order valence-electron chi connectivity index (χ1n) is 4.85. The van der Waals surface area contributed by atoms with Crippen LogP contribution in [-0.2, 0) is 9.59 Å². The lowest BCUT2D eigenvalue weighted by molar-refractivity contribution is -0.132. The number of Topliss-reactive ketones (excluding diaryl/α,β-unsaturated/α-hetero) is 1. The molecule has 4 nitrogen and oxygen atoms in total. The molecule has 0 fully saturated rings. The summed E-state index contributed by atoms with van der Waals surface area (Å²) in [6.07, 6.45) is 3.08. The zero-order valence-corrected chi connectivity index (χ0v) is 9.55. The van der Waals surface area contributed by atoms with Crippen LogP contribution >= 0.6 is 11.5 Å². The standard InChI is InChI=1S/C9H5NO2.C3H3NS/c11-8-5-6-3-1-2-4-7(6)10-9(8)12;1-2-4-5-3-1/h1-5H;1-3H. The highest BCUT2D eigenvalue weighted by Gasteiger charge is 2.11. The molecule has 5 heteroatoms. The first-order valence-corrected chi connectivity index (χ1v) is 5.69. The fourth-order valence-corrected chi connectivity index (χ4v) is 1.61. The van der Waals surface area contributed by atoms with E-state index in [9.17, 15) is 9.59 Å². The van der Waals surface area contributed by atoms with Crippen LogP contribution in [0.3, 0.4) is 0 Å². The largest absolute Gasteiger partial charge is 0.317 e. The van der Waals surface area contributed by atoms with Crippen molar-refractivity contribution in [3.8, 4) is 0 Å². The minimum absolute atomic E-state index is 0.547. The molecule has 3 rings (SSSR count). The maximum atomic E-state index is 10.9. The van der Waals surface area contributed by atoms with Crippen molar-refractivity contribution in [1.29, 1.82) is 0 Å². The third-order valence-corrected chi connectivity index (χ3v) is 2.53. The Morgan fingerprint density at radius 3 is 2.53 bits per heavy atom. The fourth-order valence-electron chi connectivity index (χ4n) is 1.25. The number of benzene rings is 1. The normalized spacial score (nSPS) is 12.7. The van der Waals surface area contributed by atoms with Gasteiger partial charge in [0.25, 0.3) is 0 Å². The first kappa shape index (κ1) is 11.3. The molecule has 0 radical (unpaired) electrons. The molecule has 0 spiro atoms. The third-order valence-electron chi connectivity index (χ3n) is 2.00. The van der Waals surface area contributed by atoms with Crippen molar-refractivity contribution in [2.24, 2.45) is 4.99 Å². The average molecular weight is 244 g/mol. The lowest BCUT2D eigenvalue weighted by Gasteiger charge is -1.95. The highest BCUT2D eigenvalue weighted by Crippen LogP contribution is 1.85. The fraction of sp³-hybridized carbons (Fsp3) is 0. The summed E-state index contributed by atoms with van der Waals surface area (Å²) in [5.74, 6) is -1.23. The van der Waals surface area contributed by atoms with E-state index < -0.39 is 11.7 Å². The second-order valence-corrected chi connectivity index (χ2v) is 3.87. The van der Waals surface area contributed by atoms with Crippen molar-refractivity contribution in [3.05, 3.63) is 52.5 Å². The molecule has 0 saturated heterocycles. The average Bonchev–Trinajstić information content (AvgIpc) is 2.89. The highest BCUT2D eigenvalue weighted by atomic mass is 32.1. The van der Waals surface area contributed by atoms with Gasteiger partial charge in [0.1, 0.15) is 0 Å². The van der Waals surface area contributed by atoms with Gasteiger partial charge in [0.15, 0.2) is 0 Å². The van der Waals surface area contributed by atoms with Crippen molar-refractivity contribution in [3.63, 3.8) is 0 Å². The van der Waals surface area contributed by atoms with Crippen molar-refractivity contribution in [2.75, 3.05) is 0 Å². The maximum absolute atomic E-state index is 10.9. The number of carbonyl (C=O) groups excluding carboxylic acids is 2. The topological polar surface area (TPSA) is 59.4 Å². The molecule has 1 aromatic carbocycles. The van der Waals surface area contributed by atoms with Gasteiger partial charge in [-0.05, 0) is 23.7 Å². The number of ketones is 1. The zero-order chi connectivity index (χ0) is 12.1. The van der Waals surface area contributed by atoms with Gasteiger partial charge in [-0.1, -0.05) is 18.2 Å². The summed E-state index contributed by atoms with van der Waals surface area (Å²) < 4.78 is 3.76. The molecule has 17 heavy (non-hydrogen) atoms. The van der Waals surface area contributed by atoms with Crippen LogP contribution in [0.25, 0.3) is 6.08 Å². The van der Waals surface area contributed by atoms with E-state index in [-0.39, 0.29) is 0 Å². The van der Waals surface area contributed by atoms with Gasteiger partial charge in [0.2, 0.25) is 5.78 Å². The van der Waals surface area contributed by atoms with Crippen LogP contribution in [0.1, 0.15) is 0 Å². The Labute approximate surface area is 101 Å². The summed E-state index contributed by atoms with van der Waals surface area (Å²) in [6, 6.07) is 8.94. The number of para-hydroxylation sites is 1. The van der Waals surface area contributed by atoms with Crippen molar-refractivity contribution < 1.29 is 9.59 Å². The molecule has 2 aromatic rings. The predicted octanol–water partition coefficient (Wildman–Crippen LogP) is 0.339. The van der Waals surface area contributed by atoms with Gasteiger partial charge in [0, 0.05) is 22.9 Å². The van der Waals surface area contributed by atoms with Gasteiger partial charge in [0.05, 0.1) is 5.36 Å². The summed E-state index contributed by atoms with van der Waals surface area (Å²) in [4.78, 5) is 25.3. The van der Waals surface area contributed by atoms with Gasteiger partial charge in [-0.15, -0.1) is 0 Å². The molecule has 0 unspecified atom stereocenters. The SMILES string of the molecule is O=C1C=c2ccccc2=NC1=O.c1cnsc1. The number of amides is 1. The Hall–Kier alpha value is -2.14. The molecule has 0 bridgehead atoms. The summed E-state index contributed by atoms with van der Waals surface area (Å²) in [6.45, 7) is 0. The van der Waals surface area contributed by atoms with Gasteiger partial charge in [-0.2, -0.15) is 0 Å². The summed E-state index contributed by atoms with van der Waals surface area (Å²) in [7, 11) is 0. The van der Waals surface area contributed by atoms with Crippen LogP contribution in [0, 0.1) is 0 Å². The van der Waals surface area contributed by atoms with Gasteiger partial charge >= 0.3 is 5.91 Å². The van der Waals surface area contributed by atoms with E-state index in [1.807, 2.05) is 11.4 Å². The molecule has 0 N–H and O–H groups in total. The monoisotopic (exact) mass is 244 g/mol. The Balaban J connectivity index is 0.000000181. The quantitative estimate of drug-likeness (QED) is 0.628. The van der Waals surface area contributed by atoms with Gasteiger partial charge < -0.3 is 0 Å².